The molecular formula is C21H23N3O2. The SMILES string of the molecule is Cc1ccc2nc(COc3ccc(C(=O)N4CCCCC4)cc3)cn2c1. The number of hydrogen-bond acceptors (Lipinski definition) is 3. The molecule has 3 aromatic rings. The predicted octanol–water partition coefficient (Wildman–Crippen LogP) is 3.85. The second-order valence-electron chi connectivity index (χ2n) is 6.87. The number of carbonyl (C=O) groups is 1. The lowest BCUT2D eigenvalue weighted by Crippen LogP contribution is -2.35. The largest absolute Gasteiger partial charge is 0.487 e. The molecule has 5 nitrogen and oxygen atoms in total. The molecule has 5 heteroatoms. The van der Waals surface area contributed by atoms with Crippen LogP contribution in [-0.4, -0.2) is 33.3 Å². The minimum atomic E-state index is 0.118. The molecule has 1 aromatic carbocycles. The Kier molecular flexibility index (Phi) is 4.61. The van der Waals surface area contributed by atoms with E-state index in [1.54, 1.807) is 0 Å². The minimum absolute atomic E-state index is 0.118. The van der Waals surface area contributed by atoms with Gasteiger partial charge in [-0.05, 0) is 62.1 Å². The summed E-state index contributed by atoms with van der Waals surface area (Å²) in [7, 11) is 0. The van der Waals surface area contributed by atoms with Crippen LogP contribution < -0.4 is 4.74 Å². The first-order valence-electron chi connectivity index (χ1n) is 9.15. The number of benzene rings is 1. The number of ether oxygens (including phenoxy) is 1. The van der Waals surface area contributed by atoms with Crippen molar-refractivity contribution in [3.8, 4) is 5.75 Å². The third-order valence-corrected chi connectivity index (χ3v) is 4.78. The fraction of sp³-hybridized carbons (Fsp3) is 0.333. The van der Waals surface area contributed by atoms with E-state index in [0.29, 0.717) is 6.61 Å². The van der Waals surface area contributed by atoms with Gasteiger partial charge in [0.25, 0.3) is 5.91 Å². The number of nitrogens with zero attached hydrogens (tertiary/aromatic N) is 3. The molecule has 0 aliphatic carbocycles. The number of aryl methyl sites for hydroxylation is 1. The number of hydrogen-bond donors (Lipinski definition) is 0. The number of pyridine rings is 1. The molecule has 0 unspecified atom stereocenters. The Bertz CT molecular complexity index is 909. The maximum Gasteiger partial charge on any atom is 0.253 e. The summed E-state index contributed by atoms with van der Waals surface area (Å²) in [6.07, 6.45) is 7.46. The monoisotopic (exact) mass is 349 g/mol. The van der Waals surface area contributed by atoms with E-state index in [4.69, 9.17) is 4.74 Å². The average molecular weight is 349 g/mol. The molecule has 0 saturated carbocycles. The number of aromatic nitrogens is 2. The Labute approximate surface area is 153 Å². The average Bonchev–Trinajstić information content (AvgIpc) is 3.09. The molecule has 1 amide bonds. The quantitative estimate of drug-likeness (QED) is 0.719. The summed E-state index contributed by atoms with van der Waals surface area (Å²) in [5, 5.41) is 0. The highest BCUT2D eigenvalue weighted by atomic mass is 16.5. The lowest BCUT2D eigenvalue weighted by Gasteiger charge is -2.26. The first kappa shape index (κ1) is 16.6. The highest BCUT2D eigenvalue weighted by Gasteiger charge is 2.17. The maximum absolute atomic E-state index is 12.5. The molecule has 1 fully saturated rings. The summed E-state index contributed by atoms with van der Waals surface area (Å²) in [6.45, 7) is 4.19. The zero-order chi connectivity index (χ0) is 17.9. The topological polar surface area (TPSA) is 46.8 Å². The van der Waals surface area contributed by atoms with Crippen LogP contribution in [0.3, 0.4) is 0 Å². The normalized spacial score (nSPS) is 14.6. The molecular weight excluding hydrogens is 326 g/mol. The number of likely N-dealkylation sites (tertiary alicyclic amines) is 1. The summed E-state index contributed by atoms with van der Waals surface area (Å²) in [5.74, 6) is 0.861. The Hall–Kier alpha value is -2.82. The van der Waals surface area contributed by atoms with Crippen molar-refractivity contribution in [2.75, 3.05) is 13.1 Å². The van der Waals surface area contributed by atoms with Gasteiger partial charge in [-0.2, -0.15) is 0 Å². The van der Waals surface area contributed by atoms with Crippen LogP contribution in [0.4, 0.5) is 0 Å². The molecule has 0 N–H and O–H groups in total. The van der Waals surface area contributed by atoms with Crippen LogP contribution in [0.5, 0.6) is 5.75 Å². The van der Waals surface area contributed by atoms with Crippen molar-refractivity contribution in [1.29, 1.82) is 0 Å². The lowest BCUT2D eigenvalue weighted by molar-refractivity contribution is 0.0724. The molecule has 3 heterocycles. The van der Waals surface area contributed by atoms with Crippen molar-refractivity contribution in [3.05, 3.63) is 65.6 Å². The number of piperidine rings is 1. The van der Waals surface area contributed by atoms with Gasteiger partial charge in [0, 0.05) is 31.0 Å². The first-order chi connectivity index (χ1) is 12.7. The highest BCUT2D eigenvalue weighted by molar-refractivity contribution is 5.94. The molecule has 2 aromatic heterocycles. The first-order valence-corrected chi connectivity index (χ1v) is 9.15. The third-order valence-electron chi connectivity index (χ3n) is 4.78. The van der Waals surface area contributed by atoms with E-state index in [1.165, 1.54) is 12.0 Å². The minimum Gasteiger partial charge on any atom is -0.487 e. The molecule has 1 saturated heterocycles. The van der Waals surface area contributed by atoms with Crippen LogP contribution in [0, 0.1) is 6.92 Å². The third kappa shape index (κ3) is 3.57. The lowest BCUT2D eigenvalue weighted by atomic mass is 10.1. The van der Waals surface area contributed by atoms with Crippen LogP contribution in [0.15, 0.2) is 48.8 Å². The Balaban J connectivity index is 1.39. The summed E-state index contributed by atoms with van der Waals surface area (Å²) < 4.78 is 7.84. The molecule has 0 atom stereocenters. The van der Waals surface area contributed by atoms with Crippen LogP contribution >= 0.6 is 0 Å². The van der Waals surface area contributed by atoms with Gasteiger partial charge >= 0.3 is 0 Å². The van der Waals surface area contributed by atoms with Crippen molar-refractivity contribution < 1.29 is 9.53 Å². The van der Waals surface area contributed by atoms with Crippen LogP contribution in [0.1, 0.15) is 40.9 Å². The van der Waals surface area contributed by atoms with E-state index in [9.17, 15) is 4.79 Å². The van der Waals surface area contributed by atoms with E-state index in [1.807, 2.05) is 58.1 Å². The summed E-state index contributed by atoms with van der Waals surface area (Å²) >= 11 is 0. The molecule has 1 aliphatic rings. The standard InChI is InChI=1S/C21H23N3O2/c1-16-5-10-20-22-18(14-24(20)13-16)15-26-19-8-6-17(7-9-19)21(25)23-11-3-2-4-12-23/h5-10,13-14H,2-4,11-12,15H2,1H3. The van der Waals surface area contributed by atoms with Crippen LogP contribution in [0.2, 0.25) is 0 Å². The van der Waals surface area contributed by atoms with Crippen LogP contribution in [-0.2, 0) is 6.61 Å². The van der Waals surface area contributed by atoms with Crippen molar-refractivity contribution in [1.82, 2.24) is 14.3 Å². The van der Waals surface area contributed by atoms with Gasteiger partial charge in [0.2, 0.25) is 0 Å². The molecule has 0 spiro atoms. The van der Waals surface area contributed by atoms with Crippen molar-refractivity contribution in [2.45, 2.75) is 32.8 Å². The van der Waals surface area contributed by atoms with Crippen molar-refractivity contribution in [2.24, 2.45) is 0 Å². The zero-order valence-electron chi connectivity index (χ0n) is 15.0. The molecule has 0 bridgehead atoms. The van der Waals surface area contributed by atoms with Gasteiger partial charge in [-0.25, -0.2) is 4.98 Å². The number of fused-ring (bicyclic) bond motifs is 1. The Morgan fingerprint density at radius 1 is 1.04 bits per heavy atom. The Morgan fingerprint density at radius 3 is 2.58 bits per heavy atom. The van der Waals surface area contributed by atoms with Gasteiger partial charge in [-0.3, -0.25) is 4.79 Å². The van der Waals surface area contributed by atoms with E-state index in [0.717, 1.165) is 48.6 Å². The number of amides is 1. The van der Waals surface area contributed by atoms with Gasteiger partial charge in [-0.1, -0.05) is 6.07 Å². The molecule has 26 heavy (non-hydrogen) atoms. The van der Waals surface area contributed by atoms with Crippen LogP contribution in [0.25, 0.3) is 5.65 Å². The zero-order valence-corrected chi connectivity index (χ0v) is 15.0. The van der Waals surface area contributed by atoms with Gasteiger partial charge in [0.1, 0.15) is 18.0 Å². The number of carbonyl (C=O) groups excluding carboxylic acids is 1. The van der Waals surface area contributed by atoms with E-state index >= 15 is 0 Å². The molecule has 1 aliphatic heterocycles. The van der Waals surface area contributed by atoms with Gasteiger partial charge < -0.3 is 14.0 Å². The number of imidazole rings is 1. The molecule has 0 radical (unpaired) electrons. The van der Waals surface area contributed by atoms with E-state index in [2.05, 4.69) is 11.9 Å². The summed E-state index contributed by atoms with van der Waals surface area (Å²) in [5.41, 5.74) is 3.71. The Morgan fingerprint density at radius 2 is 1.81 bits per heavy atom. The second kappa shape index (κ2) is 7.20. The predicted molar refractivity (Wildman–Crippen MR) is 100 cm³/mol. The highest BCUT2D eigenvalue weighted by Crippen LogP contribution is 2.18. The van der Waals surface area contributed by atoms with Gasteiger partial charge in [0.05, 0.1) is 5.69 Å². The summed E-state index contributed by atoms with van der Waals surface area (Å²) in [6, 6.07) is 11.5. The van der Waals surface area contributed by atoms with Gasteiger partial charge in [-0.15, -0.1) is 0 Å². The van der Waals surface area contributed by atoms with Crippen molar-refractivity contribution >= 4 is 11.6 Å². The maximum atomic E-state index is 12.5. The molecule has 134 valence electrons. The fourth-order valence-corrected chi connectivity index (χ4v) is 3.36. The summed E-state index contributed by atoms with van der Waals surface area (Å²) in [4.78, 5) is 19.0. The fourth-order valence-electron chi connectivity index (χ4n) is 3.36. The van der Waals surface area contributed by atoms with E-state index in [-0.39, 0.29) is 5.91 Å². The van der Waals surface area contributed by atoms with Gasteiger partial charge in [0.15, 0.2) is 0 Å². The molecule has 4 rings (SSSR count). The number of rotatable bonds is 4. The smallest absolute Gasteiger partial charge is 0.253 e. The van der Waals surface area contributed by atoms with E-state index < -0.39 is 0 Å². The van der Waals surface area contributed by atoms with Crippen molar-refractivity contribution in [3.63, 3.8) is 0 Å². The second-order valence-corrected chi connectivity index (χ2v) is 6.87.